The lowest BCUT2D eigenvalue weighted by atomic mass is 10.2. The highest BCUT2D eigenvalue weighted by molar-refractivity contribution is 5.62. The van der Waals surface area contributed by atoms with Crippen molar-refractivity contribution in [3.63, 3.8) is 0 Å². The maximum absolute atomic E-state index is 5.34. The van der Waals surface area contributed by atoms with E-state index in [9.17, 15) is 0 Å². The summed E-state index contributed by atoms with van der Waals surface area (Å²) in [5, 5.41) is 6.75. The van der Waals surface area contributed by atoms with E-state index in [0.717, 1.165) is 17.2 Å². The van der Waals surface area contributed by atoms with E-state index in [1.54, 1.807) is 14.2 Å². The average Bonchev–Trinajstić information content (AvgIpc) is 3.07. The van der Waals surface area contributed by atoms with Crippen LogP contribution in [0.3, 0.4) is 0 Å². The van der Waals surface area contributed by atoms with Crippen LogP contribution in [0.4, 0.5) is 17.5 Å². The third-order valence-corrected chi connectivity index (χ3v) is 4.20. The molecule has 6 heteroatoms. The normalized spacial score (nSPS) is 14.5. The number of nitrogens with zero attached hydrogens (tertiary/aromatic N) is 2. The molecule has 0 unspecified atom stereocenters. The van der Waals surface area contributed by atoms with Crippen LogP contribution in [0.25, 0.3) is 0 Å². The van der Waals surface area contributed by atoms with Gasteiger partial charge in [0, 0.05) is 29.6 Å². The maximum Gasteiger partial charge on any atom is 0.225 e. The van der Waals surface area contributed by atoms with Gasteiger partial charge in [-0.2, -0.15) is 4.98 Å². The fraction of sp³-hybridized carbons (Fsp3) is 0.444. The molecule has 0 spiro atoms. The van der Waals surface area contributed by atoms with E-state index in [4.69, 9.17) is 9.47 Å². The van der Waals surface area contributed by atoms with Crippen LogP contribution in [0, 0.1) is 6.92 Å². The second-order valence-electron chi connectivity index (χ2n) is 6.04. The van der Waals surface area contributed by atoms with E-state index < -0.39 is 0 Å². The largest absolute Gasteiger partial charge is 0.493 e. The van der Waals surface area contributed by atoms with Crippen LogP contribution in [-0.2, 0) is 0 Å². The first-order valence-corrected chi connectivity index (χ1v) is 8.29. The number of hydrogen-bond acceptors (Lipinski definition) is 6. The summed E-state index contributed by atoms with van der Waals surface area (Å²) >= 11 is 0. The molecule has 1 aliphatic rings. The van der Waals surface area contributed by atoms with Gasteiger partial charge in [-0.15, -0.1) is 0 Å². The van der Waals surface area contributed by atoms with Gasteiger partial charge in [0.1, 0.15) is 5.82 Å². The topological polar surface area (TPSA) is 68.3 Å². The molecule has 1 aromatic heterocycles. The van der Waals surface area contributed by atoms with E-state index in [1.165, 1.54) is 25.7 Å². The zero-order valence-corrected chi connectivity index (χ0v) is 14.4. The van der Waals surface area contributed by atoms with E-state index >= 15 is 0 Å². The fourth-order valence-electron chi connectivity index (χ4n) is 3.01. The number of aryl methyl sites for hydroxylation is 1. The molecule has 1 heterocycles. The van der Waals surface area contributed by atoms with Crippen molar-refractivity contribution in [1.29, 1.82) is 0 Å². The molecule has 2 aromatic rings. The van der Waals surface area contributed by atoms with Gasteiger partial charge in [-0.05, 0) is 31.9 Å². The molecule has 1 aliphatic carbocycles. The van der Waals surface area contributed by atoms with Gasteiger partial charge in [-0.1, -0.05) is 12.8 Å². The number of anilines is 3. The van der Waals surface area contributed by atoms with Crippen molar-refractivity contribution >= 4 is 17.5 Å². The van der Waals surface area contributed by atoms with Crippen molar-refractivity contribution in [2.75, 3.05) is 24.9 Å². The molecular formula is C18H24N4O2. The first-order valence-electron chi connectivity index (χ1n) is 8.29. The molecule has 0 radical (unpaired) electrons. The second-order valence-corrected chi connectivity index (χ2v) is 6.04. The Morgan fingerprint density at radius 3 is 2.46 bits per heavy atom. The van der Waals surface area contributed by atoms with Crippen LogP contribution < -0.4 is 20.1 Å². The molecule has 0 saturated heterocycles. The number of benzene rings is 1. The summed E-state index contributed by atoms with van der Waals surface area (Å²) in [6, 6.07) is 8.10. The summed E-state index contributed by atoms with van der Waals surface area (Å²) in [5.41, 5.74) is 1.81. The van der Waals surface area contributed by atoms with E-state index in [0.29, 0.717) is 23.5 Å². The van der Waals surface area contributed by atoms with Crippen LogP contribution >= 0.6 is 0 Å². The molecule has 1 saturated carbocycles. The van der Waals surface area contributed by atoms with Gasteiger partial charge in [0.05, 0.1) is 14.2 Å². The van der Waals surface area contributed by atoms with Gasteiger partial charge in [-0.25, -0.2) is 4.98 Å². The zero-order valence-electron chi connectivity index (χ0n) is 14.4. The highest BCUT2D eigenvalue weighted by Crippen LogP contribution is 2.31. The van der Waals surface area contributed by atoms with E-state index in [-0.39, 0.29) is 0 Å². The lowest BCUT2D eigenvalue weighted by Gasteiger charge is -2.14. The van der Waals surface area contributed by atoms with E-state index in [1.807, 2.05) is 31.2 Å². The fourth-order valence-corrected chi connectivity index (χ4v) is 3.01. The summed E-state index contributed by atoms with van der Waals surface area (Å²) in [5.74, 6) is 2.82. The monoisotopic (exact) mass is 328 g/mol. The van der Waals surface area contributed by atoms with Crippen molar-refractivity contribution in [2.45, 2.75) is 38.6 Å². The van der Waals surface area contributed by atoms with Crippen molar-refractivity contribution in [3.8, 4) is 11.5 Å². The summed E-state index contributed by atoms with van der Waals surface area (Å²) in [4.78, 5) is 9.08. The molecule has 3 rings (SSSR count). The minimum absolute atomic E-state index is 0.487. The summed E-state index contributed by atoms with van der Waals surface area (Å²) < 4.78 is 10.6. The highest BCUT2D eigenvalue weighted by Gasteiger charge is 2.16. The third kappa shape index (κ3) is 3.88. The highest BCUT2D eigenvalue weighted by atomic mass is 16.5. The maximum atomic E-state index is 5.34. The lowest BCUT2D eigenvalue weighted by molar-refractivity contribution is 0.355. The molecule has 6 nitrogen and oxygen atoms in total. The Labute approximate surface area is 142 Å². The number of ether oxygens (including phenoxy) is 2. The number of hydrogen-bond donors (Lipinski definition) is 2. The molecule has 1 aromatic carbocycles. The van der Waals surface area contributed by atoms with E-state index in [2.05, 4.69) is 20.6 Å². The third-order valence-electron chi connectivity index (χ3n) is 4.20. The van der Waals surface area contributed by atoms with Gasteiger partial charge < -0.3 is 20.1 Å². The quantitative estimate of drug-likeness (QED) is 0.838. The van der Waals surface area contributed by atoms with Crippen LogP contribution in [0.15, 0.2) is 24.3 Å². The van der Waals surface area contributed by atoms with Crippen LogP contribution in [0.5, 0.6) is 11.5 Å². The standard InChI is InChI=1S/C18H24N4O2/c1-12-10-17(22-18(19-12)21-13-6-4-5-7-13)20-14-8-9-15(23-2)16(11-14)24-3/h8-11,13H,4-7H2,1-3H3,(H2,19,20,21,22). The smallest absolute Gasteiger partial charge is 0.225 e. The molecule has 1 fully saturated rings. The van der Waals surface area contributed by atoms with Crippen LogP contribution in [0.2, 0.25) is 0 Å². The lowest BCUT2D eigenvalue weighted by Crippen LogP contribution is -2.17. The number of methoxy groups -OCH3 is 2. The van der Waals surface area contributed by atoms with Gasteiger partial charge in [0.25, 0.3) is 0 Å². The molecule has 2 N–H and O–H groups in total. The van der Waals surface area contributed by atoms with Crippen molar-refractivity contribution in [1.82, 2.24) is 9.97 Å². The van der Waals surface area contributed by atoms with Crippen LogP contribution in [0.1, 0.15) is 31.4 Å². The predicted molar refractivity (Wildman–Crippen MR) is 95.5 cm³/mol. The first kappa shape index (κ1) is 16.4. The van der Waals surface area contributed by atoms with Gasteiger partial charge >= 0.3 is 0 Å². The number of nitrogens with one attached hydrogen (secondary N) is 2. The molecule has 0 aliphatic heterocycles. The SMILES string of the molecule is COc1ccc(Nc2cc(C)nc(NC3CCCC3)n2)cc1OC. The number of rotatable bonds is 6. The minimum atomic E-state index is 0.487. The van der Waals surface area contributed by atoms with Crippen LogP contribution in [-0.4, -0.2) is 30.2 Å². The minimum Gasteiger partial charge on any atom is -0.493 e. The van der Waals surface area contributed by atoms with Gasteiger partial charge in [0.15, 0.2) is 11.5 Å². The van der Waals surface area contributed by atoms with Crippen molar-refractivity contribution in [2.24, 2.45) is 0 Å². The molecule has 128 valence electrons. The Hall–Kier alpha value is -2.50. The molecule has 0 amide bonds. The Kier molecular flexibility index (Phi) is 5.03. The van der Waals surface area contributed by atoms with Crippen molar-refractivity contribution < 1.29 is 9.47 Å². The second kappa shape index (κ2) is 7.38. The Morgan fingerprint density at radius 1 is 1.00 bits per heavy atom. The Bertz CT molecular complexity index is 699. The molecule has 0 bridgehead atoms. The van der Waals surface area contributed by atoms with Crippen molar-refractivity contribution in [3.05, 3.63) is 30.0 Å². The zero-order chi connectivity index (χ0) is 16.9. The Morgan fingerprint density at radius 2 is 1.75 bits per heavy atom. The molecule has 24 heavy (non-hydrogen) atoms. The molecular weight excluding hydrogens is 304 g/mol. The van der Waals surface area contributed by atoms with Gasteiger partial charge in [0.2, 0.25) is 5.95 Å². The molecule has 0 atom stereocenters. The average molecular weight is 328 g/mol. The summed E-state index contributed by atoms with van der Waals surface area (Å²) in [6.07, 6.45) is 4.94. The predicted octanol–water partition coefficient (Wildman–Crippen LogP) is 3.90. The van der Waals surface area contributed by atoms with Gasteiger partial charge in [-0.3, -0.25) is 0 Å². The summed E-state index contributed by atoms with van der Waals surface area (Å²) in [7, 11) is 3.25. The Balaban J connectivity index is 1.78. The number of aromatic nitrogens is 2. The first-order chi connectivity index (χ1) is 11.7. The summed E-state index contributed by atoms with van der Waals surface area (Å²) in [6.45, 7) is 1.97.